The maximum absolute atomic E-state index is 6.13. The van der Waals surface area contributed by atoms with E-state index >= 15 is 0 Å². The number of nitrogens with zero attached hydrogens (tertiary/aromatic N) is 1. The van der Waals surface area contributed by atoms with Crippen LogP contribution in [0.25, 0.3) is 0 Å². The lowest BCUT2D eigenvalue weighted by Gasteiger charge is -2.42. The lowest BCUT2D eigenvalue weighted by Crippen LogP contribution is -2.49. The van der Waals surface area contributed by atoms with Gasteiger partial charge in [0.05, 0.1) is 11.7 Å². The SMILES string of the molecule is CCC1C(C(C)C)Oc2ccccc2N1C. The van der Waals surface area contributed by atoms with E-state index in [1.807, 2.05) is 6.07 Å². The molecule has 1 aromatic carbocycles. The van der Waals surface area contributed by atoms with Gasteiger partial charge < -0.3 is 9.64 Å². The fourth-order valence-corrected chi connectivity index (χ4v) is 2.56. The van der Waals surface area contributed by atoms with Crippen molar-refractivity contribution in [1.82, 2.24) is 0 Å². The molecule has 0 bridgehead atoms. The molecule has 0 spiro atoms. The minimum absolute atomic E-state index is 0.296. The second kappa shape index (κ2) is 4.36. The molecule has 0 amide bonds. The predicted octanol–water partition coefficient (Wildman–Crippen LogP) is 3.32. The molecule has 1 aromatic rings. The Balaban J connectivity index is 2.37. The van der Waals surface area contributed by atoms with E-state index in [4.69, 9.17) is 4.74 Å². The second-order valence-electron chi connectivity index (χ2n) is 4.88. The molecule has 1 aliphatic rings. The highest BCUT2D eigenvalue weighted by Gasteiger charge is 2.34. The summed E-state index contributed by atoms with van der Waals surface area (Å²) < 4.78 is 6.13. The highest BCUT2D eigenvalue weighted by Crippen LogP contribution is 2.37. The zero-order valence-electron chi connectivity index (χ0n) is 10.6. The third-order valence-corrected chi connectivity index (χ3v) is 3.46. The number of hydrogen-bond donors (Lipinski definition) is 0. The molecular formula is C14H21NO. The summed E-state index contributed by atoms with van der Waals surface area (Å²) in [7, 11) is 2.17. The third-order valence-electron chi connectivity index (χ3n) is 3.46. The maximum atomic E-state index is 6.13. The van der Waals surface area contributed by atoms with Crippen LogP contribution in [0.3, 0.4) is 0 Å². The van der Waals surface area contributed by atoms with Crippen molar-refractivity contribution >= 4 is 5.69 Å². The van der Waals surface area contributed by atoms with E-state index in [0.717, 1.165) is 12.2 Å². The number of ether oxygens (including phenoxy) is 1. The van der Waals surface area contributed by atoms with Gasteiger partial charge in [0.25, 0.3) is 0 Å². The van der Waals surface area contributed by atoms with Crippen LogP contribution in [0.1, 0.15) is 27.2 Å². The van der Waals surface area contributed by atoms with Crippen LogP contribution in [0.15, 0.2) is 24.3 Å². The number of likely N-dealkylation sites (N-methyl/N-ethyl adjacent to an activating group) is 1. The van der Waals surface area contributed by atoms with Gasteiger partial charge in [-0.15, -0.1) is 0 Å². The first-order chi connectivity index (χ1) is 7.65. The van der Waals surface area contributed by atoms with Crippen molar-refractivity contribution in [3.05, 3.63) is 24.3 Å². The Kier molecular flexibility index (Phi) is 3.08. The second-order valence-corrected chi connectivity index (χ2v) is 4.88. The van der Waals surface area contributed by atoms with Crippen LogP contribution < -0.4 is 9.64 Å². The highest BCUT2D eigenvalue weighted by atomic mass is 16.5. The summed E-state index contributed by atoms with van der Waals surface area (Å²) in [6.45, 7) is 6.69. The summed E-state index contributed by atoms with van der Waals surface area (Å²) in [6.07, 6.45) is 1.41. The van der Waals surface area contributed by atoms with Crippen molar-refractivity contribution in [3.63, 3.8) is 0 Å². The topological polar surface area (TPSA) is 12.5 Å². The smallest absolute Gasteiger partial charge is 0.143 e. The lowest BCUT2D eigenvalue weighted by atomic mass is 9.94. The lowest BCUT2D eigenvalue weighted by molar-refractivity contribution is 0.107. The van der Waals surface area contributed by atoms with Crippen LogP contribution in [-0.2, 0) is 0 Å². The maximum Gasteiger partial charge on any atom is 0.143 e. The van der Waals surface area contributed by atoms with Crippen LogP contribution >= 0.6 is 0 Å². The average Bonchev–Trinajstić information content (AvgIpc) is 2.29. The molecule has 0 aromatic heterocycles. The molecule has 0 saturated heterocycles. The Morgan fingerprint density at radius 1 is 1.31 bits per heavy atom. The first-order valence-corrected chi connectivity index (χ1v) is 6.13. The van der Waals surface area contributed by atoms with Crippen molar-refractivity contribution in [2.75, 3.05) is 11.9 Å². The van der Waals surface area contributed by atoms with Crippen molar-refractivity contribution in [2.24, 2.45) is 5.92 Å². The molecule has 1 aliphatic heterocycles. The van der Waals surface area contributed by atoms with Gasteiger partial charge in [-0.2, -0.15) is 0 Å². The molecule has 0 saturated carbocycles. The number of hydrogen-bond acceptors (Lipinski definition) is 2. The minimum Gasteiger partial charge on any atom is -0.486 e. The van der Waals surface area contributed by atoms with E-state index in [2.05, 4.69) is 50.9 Å². The molecule has 0 fully saturated rings. The Labute approximate surface area is 98.2 Å². The van der Waals surface area contributed by atoms with E-state index in [9.17, 15) is 0 Å². The summed E-state index contributed by atoms with van der Waals surface area (Å²) in [5.74, 6) is 1.56. The predicted molar refractivity (Wildman–Crippen MR) is 68.2 cm³/mol. The molecule has 2 nitrogen and oxygen atoms in total. The first-order valence-electron chi connectivity index (χ1n) is 6.13. The van der Waals surface area contributed by atoms with Crippen molar-refractivity contribution < 1.29 is 4.74 Å². The van der Waals surface area contributed by atoms with E-state index in [0.29, 0.717) is 18.1 Å². The van der Waals surface area contributed by atoms with Gasteiger partial charge >= 0.3 is 0 Å². The first kappa shape index (κ1) is 11.3. The monoisotopic (exact) mass is 219 g/mol. The third kappa shape index (κ3) is 1.77. The summed E-state index contributed by atoms with van der Waals surface area (Å²) in [5.41, 5.74) is 1.21. The van der Waals surface area contributed by atoms with Crippen LogP contribution in [0.4, 0.5) is 5.69 Å². The highest BCUT2D eigenvalue weighted by molar-refractivity contribution is 5.60. The molecule has 0 N–H and O–H groups in total. The number of anilines is 1. The van der Waals surface area contributed by atoms with Gasteiger partial charge in [-0.05, 0) is 24.5 Å². The molecule has 2 rings (SSSR count). The molecule has 16 heavy (non-hydrogen) atoms. The quantitative estimate of drug-likeness (QED) is 0.756. The van der Waals surface area contributed by atoms with Crippen molar-refractivity contribution in [2.45, 2.75) is 39.3 Å². The van der Waals surface area contributed by atoms with E-state index < -0.39 is 0 Å². The minimum atomic E-state index is 0.296. The Morgan fingerprint density at radius 2 is 2.00 bits per heavy atom. The van der Waals surface area contributed by atoms with Gasteiger partial charge in [0.2, 0.25) is 0 Å². The number of fused-ring (bicyclic) bond motifs is 1. The van der Waals surface area contributed by atoms with Crippen LogP contribution in [0.2, 0.25) is 0 Å². The van der Waals surface area contributed by atoms with Gasteiger partial charge in [0.15, 0.2) is 0 Å². The van der Waals surface area contributed by atoms with E-state index in [-0.39, 0.29) is 0 Å². The molecule has 2 atom stereocenters. The average molecular weight is 219 g/mol. The molecule has 0 radical (unpaired) electrons. The number of rotatable bonds is 2. The zero-order valence-corrected chi connectivity index (χ0v) is 10.6. The molecular weight excluding hydrogens is 198 g/mol. The molecule has 1 heterocycles. The van der Waals surface area contributed by atoms with Gasteiger partial charge in [-0.25, -0.2) is 0 Å². The van der Waals surface area contributed by atoms with Gasteiger partial charge in [-0.3, -0.25) is 0 Å². The number of benzene rings is 1. The van der Waals surface area contributed by atoms with Gasteiger partial charge in [0, 0.05) is 7.05 Å². The Hall–Kier alpha value is -1.18. The van der Waals surface area contributed by atoms with Crippen LogP contribution in [0.5, 0.6) is 5.75 Å². The van der Waals surface area contributed by atoms with E-state index in [1.165, 1.54) is 5.69 Å². The summed E-state index contributed by atoms with van der Waals surface area (Å²) in [4.78, 5) is 2.36. The molecule has 88 valence electrons. The normalized spacial score (nSPS) is 24.2. The fourth-order valence-electron chi connectivity index (χ4n) is 2.56. The van der Waals surface area contributed by atoms with Gasteiger partial charge in [0.1, 0.15) is 11.9 Å². The van der Waals surface area contributed by atoms with Crippen LogP contribution in [-0.4, -0.2) is 19.2 Å². The summed E-state index contributed by atoms with van der Waals surface area (Å²) >= 11 is 0. The van der Waals surface area contributed by atoms with E-state index in [1.54, 1.807) is 0 Å². The van der Waals surface area contributed by atoms with Crippen molar-refractivity contribution in [1.29, 1.82) is 0 Å². The Morgan fingerprint density at radius 3 is 2.62 bits per heavy atom. The number of para-hydroxylation sites is 2. The summed E-state index contributed by atoms with van der Waals surface area (Å²) in [5, 5.41) is 0. The molecule has 0 aliphatic carbocycles. The fraction of sp³-hybridized carbons (Fsp3) is 0.571. The summed E-state index contributed by atoms with van der Waals surface area (Å²) in [6, 6.07) is 8.79. The largest absolute Gasteiger partial charge is 0.486 e. The van der Waals surface area contributed by atoms with Crippen molar-refractivity contribution in [3.8, 4) is 5.75 Å². The molecule has 2 heteroatoms. The zero-order chi connectivity index (χ0) is 11.7. The standard InChI is InChI=1S/C14H21NO/c1-5-11-14(10(2)3)16-13-9-7-6-8-12(13)15(11)4/h6-11,14H,5H2,1-4H3. The molecule has 2 unspecified atom stereocenters. The van der Waals surface area contributed by atoms with Gasteiger partial charge in [-0.1, -0.05) is 32.9 Å². The Bertz CT molecular complexity index is 362. The van der Waals surface area contributed by atoms with Crippen LogP contribution in [0, 0.1) is 5.92 Å².